The third kappa shape index (κ3) is 3.87. The summed E-state index contributed by atoms with van der Waals surface area (Å²) in [5.41, 5.74) is 0.567. The molecule has 156 valence electrons. The lowest BCUT2D eigenvalue weighted by atomic mass is 9.95. The summed E-state index contributed by atoms with van der Waals surface area (Å²) < 4.78 is 13.3. The zero-order chi connectivity index (χ0) is 22.3. The fourth-order valence-electron chi connectivity index (χ4n) is 3.55. The molecule has 8 heteroatoms. The van der Waals surface area contributed by atoms with Gasteiger partial charge in [-0.3, -0.25) is 14.5 Å². The summed E-state index contributed by atoms with van der Waals surface area (Å²) in [6.07, 6.45) is 0. The number of anilines is 1. The Morgan fingerprint density at radius 1 is 0.935 bits per heavy atom. The average Bonchev–Trinajstić information content (AvgIpc) is 2.98. The molecule has 1 aliphatic rings. The van der Waals surface area contributed by atoms with Crippen LogP contribution in [0.2, 0.25) is 10.0 Å². The number of hydrogen-bond donors (Lipinski definition) is 2. The van der Waals surface area contributed by atoms with Gasteiger partial charge in [0.1, 0.15) is 17.3 Å². The number of phenolic OH excluding ortho intramolecular Hbond substituents is 1. The standard InChI is InChI=1S/C23H14Cl2FNO4/c24-14-9-15(25)11-17(10-14)27-20(13-2-1-3-18(28)8-13)19(22(30)23(27)31)21(29)12-4-6-16(26)7-5-12/h1-11,20,28-29H/b21-19+. The Kier molecular flexibility index (Phi) is 5.43. The number of nitrogens with zero attached hydrogens (tertiary/aromatic N) is 1. The van der Waals surface area contributed by atoms with E-state index >= 15 is 0 Å². The fraction of sp³-hybridized carbons (Fsp3) is 0.0435. The highest BCUT2D eigenvalue weighted by Gasteiger charge is 2.47. The predicted molar refractivity (Wildman–Crippen MR) is 116 cm³/mol. The van der Waals surface area contributed by atoms with Crippen molar-refractivity contribution < 1.29 is 24.2 Å². The highest BCUT2D eigenvalue weighted by atomic mass is 35.5. The summed E-state index contributed by atoms with van der Waals surface area (Å²) in [6, 6.07) is 14.2. The molecule has 4 rings (SSSR count). The van der Waals surface area contributed by atoms with E-state index in [1.807, 2.05) is 0 Å². The Hall–Kier alpha value is -3.35. The van der Waals surface area contributed by atoms with Crippen molar-refractivity contribution in [3.8, 4) is 5.75 Å². The second kappa shape index (κ2) is 8.06. The summed E-state index contributed by atoms with van der Waals surface area (Å²) in [6.45, 7) is 0. The topological polar surface area (TPSA) is 77.8 Å². The van der Waals surface area contributed by atoms with Crippen LogP contribution in [-0.4, -0.2) is 21.9 Å². The second-order valence-electron chi connectivity index (χ2n) is 6.90. The molecule has 1 atom stereocenters. The minimum absolute atomic E-state index is 0.0889. The van der Waals surface area contributed by atoms with Gasteiger partial charge in [-0.25, -0.2) is 4.39 Å². The van der Waals surface area contributed by atoms with Gasteiger partial charge in [-0.2, -0.15) is 0 Å². The van der Waals surface area contributed by atoms with Crippen LogP contribution in [-0.2, 0) is 9.59 Å². The second-order valence-corrected chi connectivity index (χ2v) is 7.77. The largest absolute Gasteiger partial charge is 0.508 e. The van der Waals surface area contributed by atoms with Gasteiger partial charge in [-0.05, 0) is 60.2 Å². The van der Waals surface area contributed by atoms with Crippen molar-refractivity contribution in [1.29, 1.82) is 0 Å². The van der Waals surface area contributed by atoms with Gasteiger partial charge in [0.2, 0.25) is 0 Å². The van der Waals surface area contributed by atoms with Crippen molar-refractivity contribution in [2.45, 2.75) is 6.04 Å². The zero-order valence-corrected chi connectivity index (χ0v) is 17.2. The van der Waals surface area contributed by atoms with Crippen LogP contribution in [0.4, 0.5) is 10.1 Å². The Balaban J connectivity index is 1.97. The van der Waals surface area contributed by atoms with E-state index in [0.29, 0.717) is 5.56 Å². The number of rotatable bonds is 3. The molecule has 1 amide bonds. The molecule has 0 bridgehead atoms. The number of halogens is 3. The molecule has 0 radical (unpaired) electrons. The molecule has 0 aromatic heterocycles. The number of amides is 1. The predicted octanol–water partition coefficient (Wildman–Crippen LogP) is 5.46. The lowest BCUT2D eigenvalue weighted by Crippen LogP contribution is -2.29. The number of carbonyl (C=O) groups is 2. The maximum atomic E-state index is 13.3. The van der Waals surface area contributed by atoms with Crippen molar-refractivity contribution in [1.82, 2.24) is 0 Å². The van der Waals surface area contributed by atoms with Crippen LogP contribution in [0.3, 0.4) is 0 Å². The first kappa shape index (κ1) is 20.9. The summed E-state index contributed by atoms with van der Waals surface area (Å²) in [4.78, 5) is 27.2. The summed E-state index contributed by atoms with van der Waals surface area (Å²) >= 11 is 12.2. The molecule has 0 aliphatic carbocycles. The van der Waals surface area contributed by atoms with Crippen molar-refractivity contribution >= 4 is 46.3 Å². The quantitative estimate of drug-likeness (QED) is 0.310. The Labute approximate surface area is 186 Å². The monoisotopic (exact) mass is 457 g/mol. The van der Waals surface area contributed by atoms with E-state index in [1.54, 1.807) is 12.1 Å². The van der Waals surface area contributed by atoms with Crippen molar-refractivity contribution in [2.24, 2.45) is 0 Å². The molecule has 0 spiro atoms. The number of ketones is 1. The zero-order valence-electron chi connectivity index (χ0n) is 15.7. The molecule has 1 fully saturated rings. The highest BCUT2D eigenvalue weighted by Crippen LogP contribution is 2.43. The van der Waals surface area contributed by atoms with Crippen LogP contribution >= 0.6 is 23.2 Å². The lowest BCUT2D eigenvalue weighted by molar-refractivity contribution is -0.132. The van der Waals surface area contributed by atoms with E-state index in [4.69, 9.17) is 23.2 Å². The minimum atomic E-state index is -1.08. The molecular weight excluding hydrogens is 444 g/mol. The van der Waals surface area contributed by atoms with Gasteiger partial charge >= 0.3 is 0 Å². The number of phenols is 1. The number of aliphatic hydroxyl groups is 1. The molecule has 1 aliphatic heterocycles. The first-order valence-electron chi connectivity index (χ1n) is 9.08. The van der Waals surface area contributed by atoms with Gasteiger partial charge in [0.25, 0.3) is 11.7 Å². The maximum Gasteiger partial charge on any atom is 0.300 e. The molecule has 1 heterocycles. The Morgan fingerprint density at radius 2 is 1.58 bits per heavy atom. The Morgan fingerprint density at radius 3 is 2.19 bits per heavy atom. The molecular formula is C23H14Cl2FNO4. The smallest absolute Gasteiger partial charge is 0.300 e. The van der Waals surface area contributed by atoms with Crippen LogP contribution in [0.25, 0.3) is 5.76 Å². The summed E-state index contributed by atoms with van der Waals surface area (Å²) in [7, 11) is 0. The summed E-state index contributed by atoms with van der Waals surface area (Å²) in [5, 5.41) is 21.4. The van der Waals surface area contributed by atoms with Gasteiger partial charge in [0, 0.05) is 21.3 Å². The van der Waals surface area contributed by atoms with E-state index in [-0.39, 0.29) is 32.6 Å². The van der Waals surface area contributed by atoms with Gasteiger partial charge in [0.15, 0.2) is 0 Å². The minimum Gasteiger partial charge on any atom is -0.508 e. The molecule has 3 aromatic rings. The van der Waals surface area contributed by atoms with Crippen LogP contribution in [0.1, 0.15) is 17.2 Å². The van der Waals surface area contributed by atoms with Crippen LogP contribution in [0, 0.1) is 5.82 Å². The van der Waals surface area contributed by atoms with E-state index in [2.05, 4.69) is 0 Å². The third-order valence-electron chi connectivity index (χ3n) is 4.87. The molecule has 0 saturated carbocycles. The van der Waals surface area contributed by atoms with Gasteiger partial charge < -0.3 is 10.2 Å². The first-order valence-corrected chi connectivity index (χ1v) is 9.84. The summed E-state index contributed by atoms with van der Waals surface area (Å²) in [5.74, 6) is -2.92. The van der Waals surface area contributed by atoms with Crippen molar-refractivity contribution in [2.75, 3.05) is 4.90 Å². The van der Waals surface area contributed by atoms with Crippen LogP contribution < -0.4 is 4.90 Å². The molecule has 5 nitrogen and oxygen atoms in total. The van der Waals surface area contributed by atoms with Crippen molar-refractivity contribution in [3.63, 3.8) is 0 Å². The Bertz CT molecular complexity index is 1220. The van der Waals surface area contributed by atoms with Crippen molar-refractivity contribution in [3.05, 3.63) is 99.3 Å². The fourth-order valence-corrected chi connectivity index (χ4v) is 4.07. The number of benzene rings is 3. The lowest BCUT2D eigenvalue weighted by Gasteiger charge is -2.26. The van der Waals surface area contributed by atoms with Gasteiger partial charge in [-0.1, -0.05) is 35.3 Å². The molecule has 31 heavy (non-hydrogen) atoms. The van der Waals surface area contributed by atoms with E-state index in [0.717, 1.165) is 17.0 Å². The van der Waals surface area contributed by atoms with Gasteiger partial charge in [-0.15, -0.1) is 0 Å². The maximum absolute atomic E-state index is 13.3. The molecule has 3 aromatic carbocycles. The van der Waals surface area contributed by atoms with Gasteiger partial charge in [0.05, 0.1) is 11.6 Å². The van der Waals surface area contributed by atoms with E-state index < -0.39 is 29.3 Å². The molecule has 1 unspecified atom stereocenters. The number of hydrogen-bond acceptors (Lipinski definition) is 4. The number of aromatic hydroxyl groups is 1. The van der Waals surface area contributed by atoms with E-state index in [9.17, 15) is 24.2 Å². The normalized spacial score (nSPS) is 17.9. The first-order chi connectivity index (χ1) is 14.8. The van der Waals surface area contributed by atoms with Crippen LogP contribution in [0.15, 0.2) is 72.3 Å². The number of Topliss-reactive ketones (excluding diaryl/α,β-unsaturated/α-hetero) is 1. The molecule has 2 N–H and O–H groups in total. The van der Waals surface area contributed by atoms with Crippen LogP contribution in [0.5, 0.6) is 5.75 Å². The average molecular weight is 458 g/mol. The highest BCUT2D eigenvalue weighted by molar-refractivity contribution is 6.52. The van der Waals surface area contributed by atoms with E-state index in [1.165, 1.54) is 42.5 Å². The number of aliphatic hydroxyl groups excluding tert-OH is 1. The SMILES string of the molecule is O=C1C(=O)N(c2cc(Cl)cc(Cl)c2)C(c2cccc(O)c2)/C1=C(\O)c1ccc(F)cc1. The third-order valence-corrected chi connectivity index (χ3v) is 5.31. The molecule has 1 saturated heterocycles. The number of carbonyl (C=O) groups excluding carboxylic acids is 2.